The summed E-state index contributed by atoms with van der Waals surface area (Å²) in [7, 11) is 0. The molecule has 1 rings (SSSR count). The molecule has 0 bridgehead atoms. The van der Waals surface area contributed by atoms with Gasteiger partial charge in [-0.15, -0.1) is 0 Å². The number of quaternary nitrogens is 1. The first-order valence-corrected chi connectivity index (χ1v) is 9.95. The van der Waals surface area contributed by atoms with E-state index in [0.717, 1.165) is 38.3 Å². The summed E-state index contributed by atoms with van der Waals surface area (Å²) in [5, 5.41) is 12.2. The Hall–Kier alpha value is -1.10. The maximum absolute atomic E-state index is 10.0. The van der Waals surface area contributed by atoms with Gasteiger partial charge in [0.05, 0.1) is 13.2 Å². The van der Waals surface area contributed by atoms with Gasteiger partial charge < -0.3 is 19.9 Å². The second-order valence-electron chi connectivity index (χ2n) is 8.97. The van der Waals surface area contributed by atoms with E-state index >= 15 is 0 Å². The fraction of sp³-hybridized carbons (Fsp3) is 0.727. The van der Waals surface area contributed by atoms with E-state index in [-0.39, 0.29) is 5.41 Å². The van der Waals surface area contributed by atoms with E-state index < -0.39 is 6.10 Å². The van der Waals surface area contributed by atoms with Gasteiger partial charge >= 0.3 is 0 Å². The van der Waals surface area contributed by atoms with Crippen LogP contribution in [0.1, 0.15) is 59.9 Å². The Labute approximate surface area is 160 Å². The van der Waals surface area contributed by atoms with Gasteiger partial charge in [-0.25, -0.2) is 0 Å². The largest absolute Gasteiger partial charge is 0.491 e. The van der Waals surface area contributed by atoms with Crippen molar-refractivity contribution in [2.45, 2.75) is 65.9 Å². The molecule has 0 aliphatic rings. The van der Waals surface area contributed by atoms with Crippen molar-refractivity contribution in [2.75, 3.05) is 32.9 Å². The van der Waals surface area contributed by atoms with Crippen LogP contribution in [0.5, 0.6) is 5.75 Å². The number of aliphatic hydroxyl groups is 1. The lowest BCUT2D eigenvalue weighted by Crippen LogP contribution is -2.86. The lowest BCUT2D eigenvalue weighted by Gasteiger charge is -2.33. The zero-order valence-electron chi connectivity index (χ0n) is 17.7. The predicted molar refractivity (Wildman–Crippen MR) is 108 cm³/mol. The summed E-state index contributed by atoms with van der Waals surface area (Å²) in [5.41, 5.74) is 1.75. The SMILES string of the molecule is CCOCCC[NH2+]C[C@@H](O)COc1ccc(C(C)(C)CC(C)(C)C)cc1. The molecule has 0 aromatic heterocycles. The molecule has 0 aliphatic heterocycles. The zero-order chi connectivity index (χ0) is 19.6. The molecular formula is C22H40NO3+. The maximum atomic E-state index is 10.0. The highest BCUT2D eigenvalue weighted by molar-refractivity contribution is 5.31. The molecule has 0 saturated heterocycles. The third-order valence-corrected chi connectivity index (χ3v) is 4.39. The lowest BCUT2D eigenvalue weighted by molar-refractivity contribution is -0.661. The first kappa shape index (κ1) is 22.9. The van der Waals surface area contributed by atoms with Crippen molar-refractivity contribution < 1.29 is 19.9 Å². The lowest BCUT2D eigenvalue weighted by atomic mass is 9.72. The van der Waals surface area contributed by atoms with Crippen molar-refractivity contribution in [1.82, 2.24) is 0 Å². The van der Waals surface area contributed by atoms with E-state index in [1.807, 2.05) is 19.1 Å². The van der Waals surface area contributed by atoms with Crippen LogP contribution in [0.4, 0.5) is 0 Å². The molecule has 4 heteroatoms. The van der Waals surface area contributed by atoms with Crippen LogP contribution in [-0.4, -0.2) is 44.1 Å². The molecule has 150 valence electrons. The fourth-order valence-corrected chi connectivity index (χ4v) is 3.48. The topological polar surface area (TPSA) is 55.3 Å². The molecule has 0 unspecified atom stereocenters. The normalized spacial score (nSPS) is 13.7. The van der Waals surface area contributed by atoms with E-state index in [4.69, 9.17) is 9.47 Å². The number of aliphatic hydroxyl groups excluding tert-OH is 1. The van der Waals surface area contributed by atoms with Gasteiger partial charge in [-0.2, -0.15) is 0 Å². The highest BCUT2D eigenvalue weighted by Gasteiger charge is 2.27. The van der Waals surface area contributed by atoms with Gasteiger partial charge in [0.25, 0.3) is 0 Å². The molecular weight excluding hydrogens is 326 g/mol. The van der Waals surface area contributed by atoms with Crippen molar-refractivity contribution in [3.05, 3.63) is 29.8 Å². The third-order valence-electron chi connectivity index (χ3n) is 4.39. The van der Waals surface area contributed by atoms with Crippen molar-refractivity contribution in [1.29, 1.82) is 0 Å². The average Bonchev–Trinajstić information content (AvgIpc) is 2.54. The molecule has 1 aromatic rings. The van der Waals surface area contributed by atoms with Gasteiger partial charge in [-0.3, -0.25) is 0 Å². The Morgan fingerprint density at radius 3 is 2.31 bits per heavy atom. The molecule has 0 radical (unpaired) electrons. The molecule has 0 aliphatic carbocycles. The highest BCUT2D eigenvalue weighted by Crippen LogP contribution is 2.36. The molecule has 0 heterocycles. The monoisotopic (exact) mass is 366 g/mol. The summed E-state index contributed by atoms with van der Waals surface area (Å²) in [5.74, 6) is 0.815. The summed E-state index contributed by atoms with van der Waals surface area (Å²) < 4.78 is 11.0. The molecule has 26 heavy (non-hydrogen) atoms. The molecule has 4 nitrogen and oxygen atoms in total. The van der Waals surface area contributed by atoms with Gasteiger partial charge in [0, 0.05) is 13.0 Å². The van der Waals surface area contributed by atoms with Gasteiger partial charge in [0.1, 0.15) is 25.0 Å². The standard InChI is InChI=1S/C22H39NO3/c1-7-25-14-8-13-23-15-19(24)16-26-20-11-9-18(10-12-20)22(5,6)17-21(2,3)4/h9-12,19,23-24H,7-8,13-17H2,1-6H3/p+1/t19-/m1/s1. The molecule has 1 aromatic carbocycles. The van der Waals surface area contributed by atoms with Crippen LogP contribution in [0.25, 0.3) is 0 Å². The second-order valence-corrected chi connectivity index (χ2v) is 8.97. The van der Waals surface area contributed by atoms with Crippen LogP contribution in [-0.2, 0) is 10.2 Å². The van der Waals surface area contributed by atoms with Crippen LogP contribution in [0, 0.1) is 5.41 Å². The Morgan fingerprint density at radius 1 is 1.08 bits per heavy atom. The Balaban J connectivity index is 2.36. The number of hydrogen-bond acceptors (Lipinski definition) is 3. The fourth-order valence-electron chi connectivity index (χ4n) is 3.48. The molecule has 3 N–H and O–H groups in total. The summed E-state index contributed by atoms with van der Waals surface area (Å²) in [6, 6.07) is 8.32. The maximum Gasteiger partial charge on any atom is 0.137 e. The smallest absolute Gasteiger partial charge is 0.137 e. The van der Waals surface area contributed by atoms with Crippen LogP contribution in [0.2, 0.25) is 0 Å². The van der Waals surface area contributed by atoms with E-state index in [1.54, 1.807) is 0 Å². The van der Waals surface area contributed by atoms with E-state index in [9.17, 15) is 5.11 Å². The molecule has 0 saturated carbocycles. The molecule has 0 spiro atoms. The van der Waals surface area contributed by atoms with Gasteiger partial charge in [-0.05, 0) is 41.9 Å². The van der Waals surface area contributed by atoms with E-state index in [1.165, 1.54) is 5.56 Å². The Morgan fingerprint density at radius 2 is 1.73 bits per heavy atom. The molecule has 1 atom stereocenters. The minimum absolute atomic E-state index is 0.132. The number of nitrogens with two attached hydrogens (primary N) is 1. The van der Waals surface area contributed by atoms with Crippen LogP contribution in [0.3, 0.4) is 0 Å². The summed E-state index contributed by atoms with van der Waals surface area (Å²) in [6.45, 7) is 16.9. The number of benzene rings is 1. The zero-order valence-corrected chi connectivity index (χ0v) is 17.7. The van der Waals surface area contributed by atoms with Crippen molar-refractivity contribution in [2.24, 2.45) is 5.41 Å². The van der Waals surface area contributed by atoms with Crippen LogP contribution >= 0.6 is 0 Å². The Kier molecular flexibility index (Phi) is 9.62. The van der Waals surface area contributed by atoms with E-state index in [2.05, 4.69) is 52.1 Å². The highest BCUT2D eigenvalue weighted by atomic mass is 16.5. The number of rotatable bonds is 12. The minimum Gasteiger partial charge on any atom is -0.491 e. The van der Waals surface area contributed by atoms with Crippen molar-refractivity contribution in [3.63, 3.8) is 0 Å². The second kappa shape index (κ2) is 10.9. The van der Waals surface area contributed by atoms with Gasteiger partial charge in [0.15, 0.2) is 0 Å². The molecule has 0 fully saturated rings. The van der Waals surface area contributed by atoms with Crippen molar-refractivity contribution >= 4 is 0 Å². The predicted octanol–water partition coefficient (Wildman–Crippen LogP) is 3.13. The summed E-state index contributed by atoms with van der Waals surface area (Å²) in [6.07, 6.45) is 1.67. The summed E-state index contributed by atoms with van der Waals surface area (Å²) >= 11 is 0. The van der Waals surface area contributed by atoms with Gasteiger partial charge in [-0.1, -0.05) is 46.8 Å². The van der Waals surface area contributed by atoms with Gasteiger partial charge in [0.2, 0.25) is 0 Å². The van der Waals surface area contributed by atoms with Crippen LogP contribution in [0.15, 0.2) is 24.3 Å². The number of hydrogen-bond donors (Lipinski definition) is 2. The summed E-state index contributed by atoms with van der Waals surface area (Å²) in [4.78, 5) is 0. The molecule has 0 amide bonds. The Bertz CT molecular complexity index is 491. The van der Waals surface area contributed by atoms with E-state index in [0.29, 0.717) is 18.6 Å². The quantitative estimate of drug-likeness (QED) is 0.559. The third kappa shape index (κ3) is 9.56. The first-order chi connectivity index (χ1) is 12.1. The first-order valence-electron chi connectivity index (χ1n) is 9.95. The number of ether oxygens (including phenoxy) is 2. The average molecular weight is 367 g/mol. The minimum atomic E-state index is -0.459. The van der Waals surface area contributed by atoms with Crippen molar-refractivity contribution in [3.8, 4) is 5.75 Å². The van der Waals surface area contributed by atoms with Crippen LogP contribution < -0.4 is 10.1 Å².